The second-order valence-electron chi connectivity index (χ2n) is 5.96. The van der Waals surface area contributed by atoms with Crippen LogP contribution in [0.2, 0.25) is 0 Å². The van der Waals surface area contributed by atoms with E-state index in [-0.39, 0.29) is 16.9 Å². The number of rotatable bonds is 4. The van der Waals surface area contributed by atoms with Gasteiger partial charge in [0, 0.05) is 23.4 Å². The number of thiocarbonyl (C=S) groups is 1. The van der Waals surface area contributed by atoms with Crippen LogP contribution >= 0.6 is 12.2 Å². The summed E-state index contributed by atoms with van der Waals surface area (Å²) in [5, 5.41) is 3.28. The van der Waals surface area contributed by atoms with E-state index in [1.165, 1.54) is 18.2 Å². The molecule has 1 atom stereocenters. The molecule has 6 heteroatoms. The van der Waals surface area contributed by atoms with Crippen LogP contribution in [0, 0.1) is 11.6 Å². The predicted octanol–water partition coefficient (Wildman–Crippen LogP) is 4.37. The van der Waals surface area contributed by atoms with E-state index < -0.39 is 17.7 Å². The second-order valence-corrected chi connectivity index (χ2v) is 6.34. The number of Topliss-reactive ketones (excluding diaryl/α,β-unsaturated/α-hetero) is 1. The standard InChI is InChI=1S/C20H18F2N2OS/c1-3-24-12(2)16(19(25)13-8-5-4-6-9-13)18(23-20(24)26)17-14(21)10-7-11-15(17)22/h4-11,18H,3H2,1-2H3,(H,23,26)/t18-/m0/s1. The third-order valence-electron chi connectivity index (χ3n) is 4.48. The maximum atomic E-state index is 14.4. The fourth-order valence-corrected chi connectivity index (χ4v) is 3.59. The minimum atomic E-state index is -0.987. The van der Waals surface area contributed by atoms with E-state index in [4.69, 9.17) is 12.2 Å². The van der Waals surface area contributed by atoms with Crippen molar-refractivity contribution in [3.8, 4) is 0 Å². The molecular weight excluding hydrogens is 354 g/mol. The third-order valence-corrected chi connectivity index (χ3v) is 4.82. The SMILES string of the molecule is CCN1C(=S)N[C@H](c2c(F)cccc2F)C(C(=O)c2ccccc2)=C1C. The fourth-order valence-electron chi connectivity index (χ4n) is 3.20. The molecule has 1 N–H and O–H groups in total. The van der Waals surface area contributed by atoms with Crippen molar-refractivity contribution in [3.05, 3.63) is 82.6 Å². The molecule has 0 radical (unpaired) electrons. The molecule has 3 rings (SSSR count). The molecule has 3 nitrogen and oxygen atoms in total. The Kier molecular flexibility index (Phi) is 5.13. The average Bonchev–Trinajstić information content (AvgIpc) is 2.62. The van der Waals surface area contributed by atoms with Crippen LogP contribution in [0.5, 0.6) is 0 Å². The first-order chi connectivity index (χ1) is 12.5. The molecule has 1 aliphatic rings. The van der Waals surface area contributed by atoms with Crippen molar-refractivity contribution in [1.82, 2.24) is 10.2 Å². The predicted molar refractivity (Wildman–Crippen MR) is 101 cm³/mol. The summed E-state index contributed by atoms with van der Waals surface area (Å²) in [6, 6.07) is 11.3. The maximum Gasteiger partial charge on any atom is 0.193 e. The molecule has 26 heavy (non-hydrogen) atoms. The monoisotopic (exact) mass is 372 g/mol. The first-order valence-corrected chi connectivity index (χ1v) is 8.69. The van der Waals surface area contributed by atoms with Crippen LogP contribution in [-0.2, 0) is 0 Å². The molecule has 2 aromatic carbocycles. The van der Waals surface area contributed by atoms with Crippen molar-refractivity contribution in [2.24, 2.45) is 0 Å². The van der Waals surface area contributed by atoms with Crippen molar-refractivity contribution in [1.29, 1.82) is 0 Å². The van der Waals surface area contributed by atoms with Crippen molar-refractivity contribution < 1.29 is 13.6 Å². The van der Waals surface area contributed by atoms with Gasteiger partial charge in [0.1, 0.15) is 11.6 Å². The molecule has 0 amide bonds. The summed E-state index contributed by atoms with van der Waals surface area (Å²) in [7, 11) is 0. The molecule has 134 valence electrons. The van der Waals surface area contributed by atoms with Gasteiger partial charge in [-0.15, -0.1) is 0 Å². The van der Waals surface area contributed by atoms with Crippen LogP contribution < -0.4 is 5.32 Å². The van der Waals surface area contributed by atoms with Crippen LogP contribution in [0.1, 0.15) is 35.8 Å². The van der Waals surface area contributed by atoms with Crippen molar-refractivity contribution in [3.63, 3.8) is 0 Å². The Morgan fingerprint density at radius 2 is 1.73 bits per heavy atom. The fraction of sp³-hybridized carbons (Fsp3) is 0.200. The lowest BCUT2D eigenvalue weighted by Crippen LogP contribution is -2.48. The molecule has 2 aromatic rings. The van der Waals surface area contributed by atoms with E-state index in [0.29, 0.717) is 22.9 Å². The first kappa shape index (κ1) is 18.2. The Morgan fingerprint density at radius 3 is 2.31 bits per heavy atom. The van der Waals surface area contributed by atoms with Crippen molar-refractivity contribution in [2.45, 2.75) is 19.9 Å². The number of carbonyl (C=O) groups is 1. The zero-order valence-corrected chi connectivity index (χ0v) is 15.2. The number of hydrogen-bond acceptors (Lipinski definition) is 2. The molecule has 0 aliphatic carbocycles. The minimum absolute atomic E-state index is 0.204. The second kappa shape index (κ2) is 7.33. The molecule has 0 bridgehead atoms. The number of allylic oxidation sites excluding steroid dienone is 1. The molecule has 0 unspecified atom stereocenters. The average molecular weight is 372 g/mol. The summed E-state index contributed by atoms with van der Waals surface area (Å²) in [4.78, 5) is 14.9. The summed E-state index contributed by atoms with van der Waals surface area (Å²) in [5.74, 6) is -1.73. The van der Waals surface area contributed by atoms with Crippen LogP contribution in [0.3, 0.4) is 0 Å². The highest BCUT2D eigenvalue weighted by atomic mass is 32.1. The summed E-state index contributed by atoms with van der Waals surface area (Å²) in [6.07, 6.45) is 0. The first-order valence-electron chi connectivity index (χ1n) is 8.28. The van der Waals surface area contributed by atoms with Gasteiger partial charge in [0.05, 0.1) is 11.6 Å². The summed E-state index contributed by atoms with van der Waals surface area (Å²) < 4.78 is 28.9. The highest BCUT2D eigenvalue weighted by Crippen LogP contribution is 2.35. The van der Waals surface area contributed by atoms with E-state index >= 15 is 0 Å². The number of ketones is 1. The van der Waals surface area contributed by atoms with Crippen LogP contribution in [0.25, 0.3) is 0 Å². The Morgan fingerprint density at radius 1 is 1.12 bits per heavy atom. The van der Waals surface area contributed by atoms with Gasteiger partial charge < -0.3 is 10.2 Å². The summed E-state index contributed by atoms with van der Waals surface area (Å²) in [5.41, 5.74) is 1.13. The van der Waals surface area contributed by atoms with Crippen molar-refractivity contribution >= 4 is 23.1 Å². The molecule has 0 fully saturated rings. The Hall–Kier alpha value is -2.60. The Bertz CT molecular complexity index is 876. The smallest absolute Gasteiger partial charge is 0.193 e. The Balaban J connectivity index is 2.21. The lowest BCUT2D eigenvalue weighted by molar-refractivity contribution is 0.102. The van der Waals surface area contributed by atoms with Crippen LogP contribution in [0.15, 0.2) is 59.8 Å². The van der Waals surface area contributed by atoms with Gasteiger partial charge in [0.25, 0.3) is 0 Å². The van der Waals surface area contributed by atoms with Gasteiger partial charge in [-0.25, -0.2) is 8.78 Å². The highest BCUT2D eigenvalue weighted by Gasteiger charge is 2.36. The zero-order chi connectivity index (χ0) is 18.8. The lowest BCUT2D eigenvalue weighted by atomic mass is 9.88. The van der Waals surface area contributed by atoms with Crippen LogP contribution in [-0.4, -0.2) is 22.3 Å². The number of benzene rings is 2. The molecule has 0 spiro atoms. The number of carbonyl (C=O) groups excluding carboxylic acids is 1. The molecule has 0 aromatic heterocycles. The van der Waals surface area contributed by atoms with Gasteiger partial charge in [-0.2, -0.15) is 0 Å². The molecule has 0 saturated carbocycles. The third kappa shape index (κ3) is 3.12. The lowest BCUT2D eigenvalue weighted by Gasteiger charge is -2.37. The molecular formula is C20H18F2N2OS. The van der Waals surface area contributed by atoms with Gasteiger partial charge in [-0.3, -0.25) is 4.79 Å². The van der Waals surface area contributed by atoms with Crippen LogP contribution in [0.4, 0.5) is 8.78 Å². The van der Waals surface area contributed by atoms with Gasteiger partial charge in [0.15, 0.2) is 10.9 Å². The zero-order valence-electron chi connectivity index (χ0n) is 14.4. The quantitative estimate of drug-likeness (QED) is 0.638. The highest BCUT2D eigenvalue weighted by molar-refractivity contribution is 7.80. The number of hydrogen-bond donors (Lipinski definition) is 1. The normalized spacial score (nSPS) is 17.3. The summed E-state index contributed by atoms with van der Waals surface area (Å²) >= 11 is 5.35. The van der Waals surface area contributed by atoms with Gasteiger partial charge >= 0.3 is 0 Å². The number of nitrogens with zero attached hydrogens (tertiary/aromatic N) is 1. The maximum absolute atomic E-state index is 14.4. The number of nitrogens with one attached hydrogen (secondary N) is 1. The van der Waals surface area contributed by atoms with Gasteiger partial charge in [-0.1, -0.05) is 36.4 Å². The van der Waals surface area contributed by atoms with E-state index in [1.807, 2.05) is 6.92 Å². The summed E-state index contributed by atoms with van der Waals surface area (Å²) in [6.45, 7) is 4.18. The van der Waals surface area contributed by atoms with E-state index in [9.17, 15) is 13.6 Å². The van der Waals surface area contributed by atoms with Crippen molar-refractivity contribution in [2.75, 3.05) is 6.54 Å². The van der Waals surface area contributed by atoms with E-state index in [0.717, 1.165) is 0 Å². The minimum Gasteiger partial charge on any atom is -0.351 e. The number of halogens is 2. The van der Waals surface area contributed by atoms with Gasteiger partial charge in [0.2, 0.25) is 0 Å². The largest absolute Gasteiger partial charge is 0.351 e. The van der Waals surface area contributed by atoms with E-state index in [1.54, 1.807) is 42.2 Å². The molecule has 1 heterocycles. The molecule has 1 aliphatic heterocycles. The van der Waals surface area contributed by atoms with Gasteiger partial charge in [-0.05, 0) is 38.2 Å². The van der Waals surface area contributed by atoms with E-state index in [2.05, 4.69) is 5.32 Å². The topological polar surface area (TPSA) is 32.3 Å². The Labute approximate surface area is 156 Å². The molecule has 0 saturated heterocycles.